The zero-order valence-electron chi connectivity index (χ0n) is 13.2. The molecular formula is C18H15ClN2O3. The summed E-state index contributed by atoms with van der Waals surface area (Å²) >= 11 is 5.97. The van der Waals surface area contributed by atoms with Crippen LogP contribution in [0, 0.1) is 5.21 Å². The molecule has 0 bridgehead atoms. The van der Waals surface area contributed by atoms with Gasteiger partial charge in [0.15, 0.2) is 0 Å². The molecule has 0 N–H and O–H groups in total. The number of hydrogen-bond acceptors (Lipinski definition) is 4. The van der Waals surface area contributed by atoms with Crippen LogP contribution < -0.4 is 14.2 Å². The highest BCUT2D eigenvalue weighted by Crippen LogP contribution is 2.30. The Balaban J connectivity index is 2.17. The first-order valence-corrected chi connectivity index (χ1v) is 7.58. The number of rotatable bonds is 4. The van der Waals surface area contributed by atoms with E-state index in [2.05, 4.69) is 4.98 Å². The molecule has 122 valence electrons. The van der Waals surface area contributed by atoms with E-state index < -0.39 is 0 Å². The molecule has 0 aliphatic rings. The maximum atomic E-state index is 12.5. The van der Waals surface area contributed by atoms with E-state index in [0.29, 0.717) is 27.4 Å². The Kier molecular flexibility index (Phi) is 4.53. The molecule has 6 heteroatoms. The molecule has 0 spiro atoms. The van der Waals surface area contributed by atoms with E-state index >= 15 is 0 Å². The van der Waals surface area contributed by atoms with Crippen LogP contribution >= 0.6 is 11.6 Å². The van der Waals surface area contributed by atoms with Crippen LogP contribution in [0.1, 0.15) is 0 Å². The number of nitrogens with zero attached hydrogens (tertiary/aromatic N) is 2. The van der Waals surface area contributed by atoms with Gasteiger partial charge in [0.1, 0.15) is 23.4 Å². The number of ether oxygens (including phenoxy) is 2. The van der Waals surface area contributed by atoms with E-state index in [1.165, 1.54) is 6.20 Å². The maximum absolute atomic E-state index is 12.5. The lowest BCUT2D eigenvalue weighted by Crippen LogP contribution is -2.32. The highest BCUT2D eigenvalue weighted by molar-refractivity contribution is 6.28. The molecular weight excluding hydrogens is 328 g/mol. The van der Waals surface area contributed by atoms with Gasteiger partial charge in [-0.05, 0) is 60.1 Å². The van der Waals surface area contributed by atoms with Crippen molar-refractivity contribution in [1.29, 1.82) is 0 Å². The average molecular weight is 343 g/mol. The summed E-state index contributed by atoms with van der Waals surface area (Å²) < 4.78 is 11.0. The standard InChI is InChI=1S/C18H15ClN2O3/c1-23-14-7-3-12(4-8-14)17-18(21(22)16(19)11-20-17)13-5-9-15(24-2)10-6-13/h3-11H,1-2H3. The summed E-state index contributed by atoms with van der Waals surface area (Å²) in [5.74, 6) is 1.44. The Morgan fingerprint density at radius 3 is 1.88 bits per heavy atom. The van der Waals surface area contributed by atoms with Gasteiger partial charge in [0.05, 0.1) is 19.8 Å². The SMILES string of the molecule is COc1ccc(-c2ncc(Cl)[n+]([O-])c2-c2ccc(OC)cc2)cc1. The van der Waals surface area contributed by atoms with Gasteiger partial charge in [-0.3, -0.25) is 0 Å². The van der Waals surface area contributed by atoms with E-state index in [-0.39, 0.29) is 5.15 Å². The summed E-state index contributed by atoms with van der Waals surface area (Å²) in [6.45, 7) is 0. The van der Waals surface area contributed by atoms with Crippen molar-refractivity contribution >= 4 is 11.6 Å². The fourth-order valence-corrected chi connectivity index (χ4v) is 2.53. The highest BCUT2D eigenvalue weighted by Gasteiger charge is 2.21. The molecule has 0 radical (unpaired) electrons. The Bertz CT molecular complexity index is 849. The highest BCUT2D eigenvalue weighted by atomic mass is 35.5. The lowest BCUT2D eigenvalue weighted by molar-refractivity contribution is -0.591. The molecule has 1 heterocycles. The number of aromatic nitrogens is 2. The molecule has 0 unspecified atom stereocenters. The van der Waals surface area contributed by atoms with Crippen LogP contribution in [-0.4, -0.2) is 19.2 Å². The summed E-state index contributed by atoms with van der Waals surface area (Å²) in [7, 11) is 3.19. The van der Waals surface area contributed by atoms with Crippen molar-refractivity contribution < 1.29 is 14.2 Å². The van der Waals surface area contributed by atoms with Crippen LogP contribution in [0.25, 0.3) is 22.5 Å². The summed E-state index contributed by atoms with van der Waals surface area (Å²) in [5.41, 5.74) is 2.42. The normalized spacial score (nSPS) is 10.5. The molecule has 0 aliphatic carbocycles. The van der Waals surface area contributed by atoms with Gasteiger partial charge in [-0.25, -0.2) is 4.98 Å². The Labute approximate surface area is 144 Å². The molecule has 0 fully saturated rings. The summed E-state index contributed by atoms with van der Waals surface area (Å²) in [6.07, 6.45) is 1.35. The van der Waals surface area contributed by atoms with E-state index in [1.807, 2.05) is 24.3 Å². The molecule has 3 rings (SSSR count). The predicted molar refractivity (Wildman–Crippen MR) is 92.2 cm³/mol. The van der Waals surface area contributed by atoms with Gasteiger partial charge in [-0.1, -0.05) is 0 Å². The second-order valence-corrected chi connectivity index (χ2v) is 5.42. The largest absolute Gasteiger partial charge is 0.617 e. The van der Waals surface area contributed by atoms with Crippen LogP contribution in [0.2, 0.25) is 5.15 Å². The Morgan fingerprint density at radius 1 is 0.875 bits per heavy atom. The predicted octanol–water partition coefficient (Wildman–Crippen LogP) is 3.72. The van der Waals surface area contributed by atoms with E-state index in [1.54, 1.807) is 38.5 Å². The fraction of sp³-hybridized carbons (Fsp3) is 0.111. The zero-order chi connectivity index (χ0) is 17.1. The minimum Gasteiger partial charge on any atom is -0.617 e. The van der Waals surface area contributed by atoms with Crippen LogP contribution in [0.15, 0.2) is 54.7 Å². The van der Waals surface area contributed by atoms with Gasteiger partial charge < -0.3 is 14.7 Å². The number of benzene rings is 2. The third kappa shape index (κ3) is 2.98. The number of methoxy groups -OCH3 is 2. The molecule has 0 aliphatic heterocycles. The topological polar surface area (TPSA) is 58.3 Å². The van der Waals surface area contributed by atoms with Crippen LogP contribution in [0.5, 0.6) is 11.5 Å². The minimum absolute atomic E-state index is 0.0121. The van der Waals surface area contributed by atoms with Crippen molar-refractivity contribution in [3.63, 3.8) is 0 Å². The smallest absolute Gasteiger partial charge is 0.305 e. The van der Waals surface area contributed by atoms with Crippen molar-refractivity contribution in [2.75, 3.05) is 14.2 Å². The molecule has 3 aromatic rings. The van der Waals surface area contributed by atoms with Crippen molar-refractivity contribution in [2.24, 2.45) is 0 Å². The van der Waals surface area contributed by atoms with Crippen molar-refractivity contribution in [1.82, 2.24) is 4.98 Å². The number of hydrogen-bond donors (Lipinski definition) is 0. The van der Waals surface area contributed by atoms with Crippen molar-refractivity contribution in [3.05, 3.63) is 65.1 Å². The zero-order valence-corrected chi connectivity index (χ0v) is 13.9. The minimum atomic E-state index is 0.0121. The maximum Gasteiger partial charge on any atom is 0.305 e. The molecule has 5 nitrogen and oxygen atoms in total. The average Bonchev–Trinajstić information content (AvgIpc) is 2.64. The van der Waals surface area contributed by atoms with Gasteiger partial charge in [0.2, 0.25) is 0 Å². The summed E-state index contributed by atoms with van der Waals surface area (Å²) in [4.78, 5) is 4.36. The van der Waals surface area contributed by atoms with Gasteiger partial charge >= 0.3 is 5.15 Å². The quantitative estimate of drug-likeness (QED) is 0.535. The molecule has 0 saturated heterocycles. The third-order valence-corrected chi connectivity index (χ3v) is 3.90. The summed E-state index contributed by atoms with van der Waals surface area (Å²) in [5, 5.41) is 12.5. The third-order valence-electron chi connectivity index (χ3n) is 3.65. The van der Waals surface area contributed by atoms with E-state index in [4.69, 9.17) is 21.1 Å². The van der Waals surface area contributed by atoms with Gasteiger partial charge in [0, 0.05) is 5.56 Å². The van der Waals surface area contributed by atoms with Crippen LogP contribution in [0.3, 0.4) is 0 Å². The monoisotopic (exact) mass is 342 g/mol. The first kappa shape index (κ1) is 16.1. The Morgan fingerprint density at radius 2 is 1.38 bits per heavy atom. The second kappa shape index (κ2) is 6.76. The van der Waals surface area contributed by atoms with Crippen molar-refractivity contribution in [2.45, 2.75) is 0 Å². The van der Waals surface area contributed by atoms with Gasteiger partial charge in [-0.2, -0.15) is 4.73 Å². The molecule has 0 saturated carbocycles. The lowest BCUT2D eigenvalue weighted by atomic mass is 10.0. The molecule has 0 atom stereocenters. The van der Waals surface area contributed by atoms with Crippen LogP contribution in [-0.2, 0) is 0 Å². The van der Waals surface area contributed by atoms with Gasteiger partial charge in [0.25, 0.3) is 5.69 Å². The molecule has 1 aromatic heterocycles. The lowest BCUT2D eigenvalue weighted by Gasteiger charge is -2.11. The number of halogens is 1. The van der Waals surface area contributed by atoms with E-state index in [9.17, 15) is 5.21 Å². The van der Waals surface area contributed by atoms with E-state index in [0.717, 1.165) is 11.3 Å². The second-order valence-electron chi connectivity index (χ2n) is 5.03. The molecule has 2 aromatic carbocycles. The van der Waals surface area contributed by atoms with Gasteiger partial charge in [-0.15, -0.1) is 0 Å². The molecule has 24 heavy (non-hydrogen) atoms. The fourth-order valence-electron chi connectivity index (χ4n) is 2.40. The first-order valence-electron chi connectivity index (χ1n) is 7.21. The van der Waals surface area contributed by atoms with Crippen LogP contribution in [0.4, 0.5) is 0 Å². The van der Waals surface area contributed by atoms with Crippen molar-refractivity contribution in [3.8, 4) is 34.0 Å². The first-order chi connectivity index (χ1) is 11.6. The summed E-state index contributed by atoms with van der Waals surface area (Å²) in [6, 6.07) is 14.5. The molecule has 0 amide bonds. The Hall–Kier alpha value is -2.79.